The Bertz CT molecular complexity index is 306. The second-order valence-electron chi connectivity index (χ2n) is 1.93. The van der Waals surface area contributed by atoms with Crippen molar-refractivity contribution in [2.24, 2.45) is 0 Å². The third-order valence-electron chi connectivity index (χ3n) is 1.09. The topological polar surface area (TPSA) is 38.9 Å². The summed E-state index contributed by atoms with van der Waals surface area (Å²) in [5.41, 5.74) is 6.38. The number of anilines is 1. The minimum atomic E-state index is 0.567. The van der Waals surface area contributed by atoms with Crippen LogP contribution in [0.2, 0.25) is 0 Å². The molecule has 11 heavy (non-hydrogen) atoms. The minimum Gasteiger partial charge on any atom is -0.375 e. The Hall–Kier alpha value is -0.660. The highest BCUT2D eigenvalue weighted by Gasteiger charge is 2.00. The van der Waals surface area contributed by atoms with Gasteiger partial charge in [-0.05, 0) is 6.92 Å². The summed E-state index contributed by atoms with van der Waals surface area (Å²) in [6, 6.07) is 0. The average Bonchev–Trinajstić information content (AvgIpc) is 2.26. The number of nitrogen functional groups attached to an aromatic ring is 1. The summed E-state index contributed by atoms with van der Waals surface area (Å²) in [6.07, 6.45) is 0. The molecule has 0 unspecified atom stereocenters. The van der Waals surface area contributed by atoms with Crippen LogP contribution in [0.25, 0.3) is 0 Å². The third kappa shape index (κ3) is 2.14. The van der Waals surface area contributed by atoms with Gasteiger partial charge in [-0.2, -0.15) is 12.6 Å². The highest BCUT2D eigenvalue weighted by atomic mass is 32.1. The van der Waals surface area contributed by atoms with E-state index in [4.69, 9.17) is 5.73 Å². The molecule has 2 nitrogen and oxygen atoms in total. The van der Waals surface area contributed by atoms with Gasteiger partial charge in [-0.15, -0.1) is 0 Å². The van der Waals surface area contributed by atoms with Crippen LogP contribution in [0.3, 0.4) is 0 Å². The number of rotatable bonds is 0. The van der Waals surface area contributed by atoms with E-state index in [1.54, 1.807) is 0 Å². The lowest BCUT2D eigenvalue weighted by molar-refractivity contribution is 1.26. The lowest BCUT2D eigenvalue weighted by Crippen LogP contribution is -1.80. The van der Waals surface area contributed by atoms with Crippen molar-refractivity contribution in [1.29, 1.82) is 0 Å². The van der Waals surface area contributed by atoms with E-state index in [0.717, 1.165) is 10.6 Å². The molecule has 0 radical (unpaired) electrons. The predicted octanol–water partition coefficient (Wildman–Crippen LogP) is 1.32. The summed E-state index contributed by atoms with van der Waals surface area (Å²) in [6.45, 7) is 1.90. The first-order valence-electron chi connectivity index (χ1n) is 3.06. The van der Waals surface area contributed by atoms with Crippen LogP contribution in [0.15, 0.2) is 0 Å². The molecule has 1 aromatic rings. The maximum atomic E-state index is 5.47. The SMILES string of the molecule is Cc1nc(N)sc1C#CCS. The molecule has 0 saturated heterocycles. The van der Waals surface area contributed by atoms with Crippen LogP contribution in [-0.4, -0.2) is 10.7 Å². The van der Waals surface area contributed by atoms with Gasteiger partial charge in [0.15, 0.2) is 5.13 Å². The van der Waals surface area contributed by atoms with Crippen LogP contribution in [0.5, 0.6) is 0 Å². The lowest BCUT2D eigenvalue weighted by atomic mass is 10.4. The molecular formula is C7H8N2S2. The number of aromatic nitrogens is 1. The molecular weight excluding hydrogens is 176 g/mol. The van der Waals surface area contributed by atoms with Crippen LogP contribution >= 0.6 is 24.0 Å². The summed E-state index contributed by atoms with van der Waals surface area (Å²) in [5, 5.41) is 0.575. The molecule has 0 aliphatic heterocycles. The zero-order chi connectivity index (χ0) is 8.27. The van der Waals surface area contributed by atoms with Gasteiger partial charge in [0.2, 0.25) is 0 Å². The summed E-state index contributed by atoms with van der Waals surface area (Å²) < 4.78 is 0. The Labute approximate surface area is 75.2 Å². The molecule has 0 amide bonds. The quantitative estimate of drug-likeness (QED) is 0.471. The van der Waals surface area contributed by atoms with Gasteiger partial charge in [0.25, 0.3) is 0 Å². The lowest BCUT2D eigenvalue weighted by Gasteiger charge is -1.79. The maximum Gasteiger partial charge on any atom is 0.181 e. The number of nitrogens with two attached hydrogens (primary N) is 1. The summed E-state index contributed by atoms with van der Waals surface area (Å²) >= 11 is 5.38. The number of hydrogen-bond donors (Lipinski definition) is 2. The van der Waals surface area contributed by atoms with Crippen LogP contribution in [0, 0.1) is 18.8 Å². The highest BCUT2D eigenvalue weighted by Crippen LogP contribution is 2.17. The predicted molar refractivity (Wildman–Crippen MR) is 52.0 cm³/mol. The van der Waals surface area contributed by atoms with Crippen molar-refractivity contribution in [3.8, 4) is 11.8 Å². The Balaban J connectivity index is 2.94. The molecule has 0 aromatic carbocycles. The molecule has 0 spiro atoms. The largest absolute Gasteiger partial charge is 0.375 e. The number of hydrogen-bond acceptors (Lipinski definition) is 4. The standard InChI is InChI=1S/C7H8N2S2/c1-5-6(3-2-4-10)11-7(8)9-5/h10H,4H2,1H3,(H2,8,9). The van der Waals surface area contributed by atoms with Gasteiger partial charge in [-0.25, -0.2) is 4.98 Å². The van der Waals surface area contributed by atoms with Gasteiger partial charge in [-0.3, -0.25) is 0 Å². The van der Waals surface area contributed by atoms with E-state index >= 15 is 0 Å². The average molecular weight is 184 g/mol. The fourth-order valence-electron chi connectivity index (χ4n) is 0.653. The van der Waals surface area contributed by atoms with Gasteiger partial charge in [0.05, 0.1) is 11.4 Å². The molecule has 0 saturated carbocycles. The number of thiazole rings is 1. The van der Waals surface area contributed by atoms with Crippen molar-refractivity contribution in [3.05, 3.63) is 10.6 Å². The van der Waals surface area contributed by atoms with Gasteiger partial charge in [0, 0.05) is 0 Å². The summed E-state index contributed by atoms with van der Waals surface area (Å²) in [5.74, 6) is 6.35. The Kier molecular flexibility index (Phi) is 2.80. The fraction of sp³-hybridized carbons (Fsp3) is 0.286. The van der Waals surface area contributed by atoms with E-state index in [1.807, 2.05) is 6.92 Å². The molecule has 2 N–H and O–H groups in total. The van der Waals surface area contributed by atoms with E-state index < -0.39 is 0 Å². The zero-order valence-corrected chi connectivity index (χ0v) is 7.80. The van der Waals surface area contributed by atoms with Gasteiger partial charge in [0.1, 0.15) is 4.88 Å². The molecule has 4 heteroatoms. The van der Waals surface area contributed by atoms with Crippen molar-refractivity contribution in [3.63, 3.8) is 0 Å². The van der Waals surface area contributed by atoms with Crippen molar-refractivity contribution >= 4 is 29.1 Å². The first kappa shape index (κ1) is 8.44. The highest BCUT2D eigenvalue weighted by molar-refractivity contribution is 7.80. The molecule has 1 heterocycles. The molecule has 0 aliphatic carbocycles. The Morgan fingerprint density at radius 1 is 1.73 bits per heavy atom. The van der Waals surface area contributed by atoms with E-state index in [0.29, 0.717) is 10.9 Å². The number of aryl methyl sites for hydroxylation is 1. The fourth-order valence-corrected chi connectivity index (χ4v) is 1.44. The van der Waals surface area contributed by atoms with Gasteiger partial charge >= 0.3 is 0 Å². The Morgan fingerprint density at radius 3 is 2.91 bits per heavy atom. The second kappa shape index (κ2) is 3.65. The summed E-state index contributed by atoms with van der Waals surface area (Å²) in [7, 11) is 0. The van der Waals surface area contributed by atoms with Crippen molar-refractivity contribution in [1.82, 2.24) is 4.98 Å². The smallest absolute Gasteiger partial charge is 0.181 e. The molecule has 0 atom stereocenters. The van der Waals surface area contributed by atoms with E-state index in [2.05, 4.69) is 29.5 Å². The summed E-state index contributed by atoms with van der Waals surface area (Å²) in [4.78, 5) is 4.97. The first-order valence-corrected chi connectivity index (χ1v) is 4.51. The van der Waals surface area contributed by atoms with E-state index in [1.165, 1.54) is 11.3 Å². The molecule has 1 aromatic heterocycles. The third-order valence-corrected chi connectivity index (χ3v) is 2.15. The van der Waals surface area contributed by atoms with E-state index in [9.17, 15) is 0 Å². The second-order valence-corrected chi connectivity index (χ2v) is 3.27. The molecule has 1 rings (SSSR count). The van der Waals surface area contributed by atoms with Crippen LogP contribution in [0.4, 0.5) is 5.13 Å². The monoisotopic (exact) mass is 184 g/mol. The van der Waals surface area contributed by atoms with Crippen LogP contribution in [0.1, 0.15) is 10.6 Å². The molecule has 0 bridgehead atoms. The Morgan fingerprint density at radius 2 is 2.45 bits per heavy atom. The zero-order valence-electron chi connectivity index (χ0n) is 6.09. The first-order chi connectivity index (χ1) is 5.24. The molecule has 58 valence electrons. The van der Waals surface area contributed by atoms with E-state index in [-0.39, 0.29) is 0 Å². The van der Waals surface area contributed by atoms with Crippen LogP contribution in [-0.2, 0) is 0 Å². The number of thiol groups is 1. The minimum absolute atomic E-state index is 0.567. The van der Waals surface area contributed by atoms with Crippen molar-refractivity contribution < 1.29 is 0 Å². The van der Waals surface area contributed by atoms with Crippen LogP contribution < -0.4 is 5.73 Å². The molecule has 0 fully saturated rings. The normalized spacial score (nSPS) is 8.91. The van der Waals surface area contributed by atoms with Crippen molar-refractivity contribution in [2.45, 2.75) is 6.92 Å². The number of nitrogens with zero attached hydrogens (tertiary/aromatic N) is 1. The van der Waals surface area contributed by atoms with Crippen molar-refractivity contribution in [2.75, 3.05) is 11.5 Å². The van der Waals surface area contributed by atoms with Gasteiger partial charge < -0.3 is 5.73 Å². The molecule has 0 aliphatic rings. The van der Waals surface area contributed by atoms with Gasteiger partial charge in [-0.1, -0.05) is 23.2 Å². The maximum absolute atomic E-state index is 5.47.